The van der Waals surface area contributed by atoms with Gasteiger partial charge in [0.05, 0.1) is 5.69 Å². The molecule has 0 aromatic heterocycles. The van der Waals surface area contributed by atoms with Crippen molar-refractivity contribution in [1.82, 2.24) is 5.32 Å². The summed E-state index contributed by atoms with van der Waals surface area (Å²) < 4.78 is 0. The fourth-order valence-corrected chi connectivity index (χ4v) is 2.80. The van der Waals surface area contributed by atoms with Gasteiger partial charge >= 0.3 is 0 Å². The first-order chi connectivity index (χ1) is 10.5. The Labute approximate surface area is 139 Å². The second kappa shape index (κ2) is 5.91. The maximum absolute atomic E-state index is 12.6. The van der Waals surface area contributed by atoms with E-state index in [0.29, 0.717) is 15.8 Å². The summed E-state index contributed by atoms with van der Waals surface area (Å²) in [6.45, 7) is 1.98. The van der Waals surface area contributed by atoms with Crippen molar-refractivity contribution in [2.24, 2.45) is 0 Å². The lowest BCUT2D eigenvalue weighted by Gasteiger charge is -2.14. The van der Waals surface area contributed by atoms with E-state index in [1.165, 1.54) is 4.90 Å². The number of halogens is 1. The third-order valence-electron chi connectivity index (χ3n) is 3.30. The molecule has 1 fully saturated rings. The number of carbonyl (C=O) groups is 1. The summed E-state index contributed by atoms with van der Waals surface area (Å²) in [6, 6.07) is 15.0. The van der Waals surface area contributed by atoms with Crippen LogP contribution in [0.2, 0.25) is 5.02 Å². The first-order valence-corrected chi connectivity index (χ1v) is 7.52. The van der Waals surface area contributed by atoms with Gasteiger partial charge in [-0.15, -0.1) is 0 Å². The van der Waals surface area contributed by atoms with Crippen LogP contribution in [0.1, 0.15) is 11.1 Å². The number of hydrogen-bond donors (Lipinski definition) is 1. The van der Waals surface area contributed by atoms with Gasteiger partial charge in [-0.2, -0.15) is 0 Å². The van der Waals surface area contributed by atoms with Crippen LogP contribution in [-0.2, 0) is 4.79 Å². The lowest BCUT2D eigenvalue weighted by atomic mass is 10.2. The molecular weight excluding hydrogens is 316 g/mol. The van der Waals surface area contributed by atoms with E-state index >= 15 is 0 Å². The zero-order chi connectivity index (χ0) is 15.7. The first-order valence-electron chi connectivity index (χ1n) is 6.74. The average molecular weight is 329 g/mol. The van der Waals surface area contributed by atoms with Crippen LogP contribution < -0.4 is 10.2 Å². The van der Waals surface area contributed by atoms with Gasteiger partial charge in [-0.3, -0.25) is 9.69 Å². The largest absolute Gasteiger partial charge is 0.327 e. The summed E-state index contributed by atoms with van der Waals surface area (Å²) in [5.41, 5.74) is 3.11. The Morgan fingerprint density at radius 1 is 1.18 bits per heavy atom. The number of aryl methyl sites for hydroxylation is 1. The summed E-state index contributed by atoms with van der Waals surface area (Å²) in [4.78, 5) is 14.1. The Kier molecular flexibility index (Phi) is 3.96. The number of rotatable bonds is 2. The van der Waals surface area contributed by atoms with E-state index in [0.717, 1.165) is 16.8 Å². The number of hydrogen-bond acceptors (Lipinski definition) is 2. The number of carbonyl (C=O) groups excluding carboxylic acids is 1. The zero-order valence-corrected chi connectivity index (χ0v) is 13.4. The molecule has 0 unspecified atom stereocenters. The van der Waals surface area contributed by atoms with Crippen molar-refractivity contribution < 1.29 is 4.79 Å². The van der Waals surface area contributed by atoms with Crippen LogP contribution in [0, 0.1) is 6.92 Å². The van der Waals surface area contributed by atoms with Crippen molar-refractivity contribution in [3.8, 4) is 0 Å². The number of nitrogens with zero attached hydrogens (tertiary/aromatic N) is 1. The smallest absolute Gasteiger partial charge is 0.281 e. The summed E-state index contributed by atoms with van der Waals surface area (Å²) in [7, 11) is 0. The van der Waals surface area contributed by atoms with E-state index in [1.807, 2.05) is 43.3 Å². The van der Waals surface area contributed by atoms with Crippen molar-refractivity contribution in [3.63, 3.8) is 0 Å². The van der Waals surface area contributed by atoms with Crippen LogP contribution in [-0.4, -0.2) is 11.0 Å². The lowest BCUT2D eigenvalue weighted by Crippen LogP contribution is -2.30. The Morgan fingerprint density at radius 2 is 1.95 bits per heavy atom. The van der Waals surface area contributed by atoms with Gasteiger partial charge in [0.1, 0.15) is 5.70 Å². The molecule has 3 rings (SSSR count). The molecular formula is C17H13ClN2OS. The number of amides is 1. The average Bonchev–Trinajstić information content (AvgIpc) is 2.73. The molecule has 1 saturated heterocycles. The van der Waals surface area contributed by atoms with Crippen LogP contribution in [0.3, 0.4) is 0 Å². The monoisotopic (exact) mass is 328 g/mol. The normalized spacial score (nSPS) is 16.3. The standard InChI is InChI=1S/C17H13ClN2OS/c1-11-4-2-7-14(8-11)20-16(21)15(19-17(20)22)10-12-5-3-6-13(18)9-12/h2-10H,1H3,(H,19,22)/b15-10-. The van der Waals surface area contributed by atoms with E-state index in [-0.39, 0.29) is 5.91 Å². The molecule has 0 bridgehead atoms. The molecule has 0 aliphatic carbocycles. The summed E-state index contributed by atoms with van der Waals surface area (Å²) >= 11 is 11.3. The van der Waals surface area contributed by atoms with Crippen molar-refractivity contribution in [2.75, 3.05) is 4.90 Å². The zero-order valence-electron chi connectivity index (χ0n) is 11.8. The maximum Gasteiger partial charge on any atom is 0.281 e. The summed E-state index contributed by atoms with van der Waals surface area (Å²) in [5, 5.41) is 3.97. The van der Waals surface area contributed by atoms with E-state index in [9.17, 15) is 4.79 Å². The van der Waals surface area contributed by atoms with Crippen LogP contribution in [0.5, 0.6) is 0 Å². The fourth-order valence-electron chi connectivity index (χ4n) is 2.30. The molecule has 2 aromatic carbocycles. The highest BCUT2D eigenvalue weighted by molar-refractivity contribution is 7.80. The number of benzene rings is 2. The first kappa shape index (κ1) is 14.8. The van der Waals surface area contributed by atoms with Crippen molar-refractivity contribution in [3.05, 3.63) is 70.4 Å². The quantitative estimate of drug-likeness (QED) is 0.670. The van der Waals surface area contributed by atoms with Gasteiger partial charge in [-0.05, 0) is 60.6 Å². The lowest BCUT2D eigenvalue weighted by molar-refractivity contribution is -0.113. The Hall–Kier alpha value is -2.17. The van der Waals surface area contributed by atoms with Crippen LogP contribution in [0.25, 0.3) is 6.08 Å². The molecule has 0 atom stereocenters. The molecule has 0 spiro atoms. The van der Waals surface area contributed by atoms with Crippen molar-refractivity contribution >= 4 is 46.6 Å². The Morgan fingerprint density at radius 3 is 2.68 bits per heavy atom. The molecule has 1 aliphatic rings. The van der Waals surface area contributed by atoms with Gasteiger partial charge in [0.15, 0.2) is 5.11 Å². The highest BCUT2D eigenvalue weighted by Gasteiger charge is 2.31. The fraction of sp³-hybridized carbons (Fsp3) is 0.0588. The van der Waals surface area contributed by atoms with Gasteiger partial charge < -0.3 is 5.32 Å². The minimum absolute atomic E-state index is 0.171. The third-order valence-corrected chi connectivity index (χ3v) is 3.82. The molecule has 22 heavy (non-hydrogen) atoms. The second-order valence-corrected chi connectivity index (χ2v) is 5.85. The molecule has 5 heteroatoms. The molecule has 1 aliphatic heterocycles. The summed E-state index contributed by atoms with van der Waals surface area (Å²) in [5.74, 6) is -0.171. The van der Waals surface area contributed by atoms with Gasteiger partial charge in [-0.1, -0.05) is 35.9 Å². The highest BCUT2D eigenvalue weighted by Crippen LogP contribution is 2.23. The van der Waals surface area contributed by atoms with Crippen molar-refractivity contribution in [1.29, 1.82) is 0 Å². The van der Waals surface area contributed by atoms with E-state index < -0.39 is 0 Å². The number of anilines is 1. The number of thiocarbonyl (C=S) groups is 1. The molecule has 1 amide bonds. The predicted molar refractivity (Wildman–Crippen MR) is 93.8 cm³/mol. The van der Waals surface area contributed by atoms with Gasteiger partial charge in [-0.25, -0.2) is 0 Å². The summed E-state index contributed by atoms with van der Waals surface area (Å²) in [6.07, 6.45) is 1.75. The minimum atomic E-state index is -0.171. The van der Waals surface area contributed by atoms with Gasteiger partial charge in [0, 0.05) is 5.02 Å². The van der Waals surface area contributed by atoms with Gasteiger partial charge in [0.25, 0.3) is 5.91 Å². The van der Waals surface area contributed by atoms with Crippen LogP contribution >= 0.6 is 23.8 Å². The van der Waals surface area contributed by atoms with E-state index in [4.69, 9.17) is 23.8 Å². The van der Waals surface area contributed by atoms with E-state index in [2.05, 4.69) is 5.32 Å². The Bertz CT molecular complexity index is 801. The molecule has 110 valence electrons. The molecule has 0 radical (unpaired) electrons. The Balaban J connectivity index is 1.95. The number of nitrogens with one attached hydrogen (secondary N) is 1. The third kappa shape index (κ3) is 2.89. The molecule has 1 heterocycles. The molecule has 2 aromatic rings. The molecule has 3 nitrogen and oxygen atoms in total. The van der Waals surface area contributed by atoms with Crippen LogP contribution in [0.4, 0.5) is 5.69 Å². The maximum atomic E-state index is 12.6. The molecule has 0 saturated carbocycles. The van der Waals surface area contributed by atoms with Gasteiger partial charge in [0.2, 0.25) is 0 Å². The minimum Gasteiger partial charge on any atom is -0.327 e. The van der Waals surface area contributed by atoms with Crippen LogP contribution in [0.15, 0.2) is 54.2 Å². The highest BCUT2D eigenvalue weighted by atomic mass is 35.5. The molecule has 1 N–H and O–H groups in total. The SMILES string of the molecule is Cc1cccc(N2C(=O)/C(=C/c3cccc(Cl)c3)NC2=S)c1. The predicted octanol–water partition coefficient (Wildman–Crippen LogP) is 3.91. The van der Waals surface area contributed by atoms with E-state index in [1.54, 1.807) is 18.2 Å². The second-order valence-electron chi connectivity index (χ2n) is 5.02. The van der Waals surface area contributed by atoms with Crippen molar-refractivity contribution in [2.45, 2.75) is 6.92 Å². The topological polar surface area (TPSA) is 32.3 Å².